The minimum absolute atomic E-state index is 0.420. The van der Waals surface area contributed by atoms with Crippen molar-refractivity contribution in [3.63, 3.8) is 0 Å². The van der Waals surface area contributed by atoms with Crippen LogP contribution in [0, 0.1) is 5.41 Å². The van der Waals surface area contributed by atoms with Gasteiger partial charge in [0.25, 0.3) is 0 Å². The lowest BCUT2D eigenvalue weighted by Crippen LogP contribution is -2.45. The normalized spacial score (nSPS) is 19.9. The third-order valence-corrected chi connectivity index (χ3v) is 4.92. The summed E-state index contributed by atoms with van der Waals surface area (Å²) in [7, 11) is 0. The van der Waals surface area contributed by atoms with Gasteiger partial charge in [0.2, 0.25) is 0 Å². The SMILES string of the molecule is CCCNCC(CC)(CC)CN(CC)CC1CCCO1. The van der Waals surface area contributed by atoms with E-state index in [1.807, 2.05) is 0 Å². The van der Waals surface area contributed by atoms with Crippen molar-refractivity contribution in [2.45, 2.75) is 65.9 Å². The van der Waals surface area contributed by atoms with Gasteiger partial charge in [-0.15, -0.1) is 0 Å². The predicted octanol–water partition coefficient (Wildman–Crippen LogP) is 3.29. The van der Waals surface area contributed by atoms with Crippen LogP contribution in [0.3, 0.4) is 0 Å². The van der Waals surface area contributed by atoms with Crippen molar-refractivity contribution in [2.75, 3.05) is 39.3 Å². The monoisotopic (exact) mass is 284 g/mol. The summed E-state index contributed by atoms with van der Waals surface area (Å²) in [5, 5.41) is 3.64. The summed E-state index contributed by atoms with van der Waals surface area (Å²) in [6.07, 6.45) is 6.69. The fourth-order valence-corrected chi connectivity index (χ4v) is 3.17. The average molecular weight is 284 g/mol. The van der Waals surface area contributed by atoms with Gasteiger partial charge in [0.05, 0.1) is 6.10 Å². The molecule has 1 fully saturated rings. The highest BCUT2D eigenvalue weighted by molar-refractivity contribution is 4.84. The number of likely N-dealkylation sites (N-methyl/N-ethyl adjacent to an activating group) is 1. The first-order valence-corrected chi connectivity index (χ1v) is 8.74. The number of hydrogen-bond acceptors (Lipinski definition) is 3. The second kappa shape index (κ2) is 9.75. The third kappa shape index (κ3) is 5.71. The molecule has 3 heteroatoms. The molecule has 1 aliphatic heterocycles. The van der Waals surface area contributed by atoms with Gasteiger partial charge in [-0.2, -0.15) is 0 Å². The molecule has 20 heavy (non-hydrogen) atoms. The first kappa shape index (κ1) is 17.9. The summed E-state index contributed by atoms with van der Waals surface area (Å²) < 4.78 is 5.81. The molecular formula is C17H36N2O. The van der Waals surface area contributed by atoms with Gasteiger partial charge in [0.1, 0.15) is 0 Å². The number of ether oxygens (including phenoxy) is 1. The molecule has 0 saturated carbocycles. The molecule has 1 heterocycles. The van der Waals surface area contributed by atoms with Crippen LogP contribution in [0.4, 0.5) is 0 Å². The molecule has 1 aliphatic rings. The van der Waals surface area contributed by atoms with Crippen LogP contribution in [0.25, 0.3) is 0 Å². The zero-order valence-electron chi connectivity index (χ0n) is 14.2. The Bertz CT molecular complexity index is 235. The Labute approximate surface area is 126 Å². The third-order valence-electron chi connectivity index (χ3n) is 4.92. The van der Waals surface area contributed by atoms with E-state index in [4.69, 9.17) is 4.74 Å². The summed E-state index contributed by atoms with van der Waals surface area (Å²) in [5.74, 6) is 0. The average Bonchev–Trinajstić information content (AvgIpc) is 2.98. The fraction of sp³-hybridized carbons (Fsp3) is 1.00. The number of rotatable bonds is 11. The largest absolute Gasteiger partial charge is 0.377 e. The molecule has 1 rings (SSSR count). The number of hydrogen-bond donors (Lipinski definition) is 1. The minimum Gasteiger partial charge on any atom is -0.377 e. The predicted molar refractivity (Wildman–Crippen MR) is 87.3 cm³/mol. The summed E-state index contributed by atoms with van der Waals surface area (Å²) >= 11 is 0. The van der Waals surface area contributed by atoms with E-state index < -0.39 is 0 Å². The Morgan fingerprint density at radius 1 is 1.20 bits per heavy atom. The molecule has 0 aromatic rings. The van der Waals surface area contributed by atoms with Crippen LogP contribution in [0.2, 0.25) is 0 Å². The van der Waals surface area contributed by atoms with E-state index in [9.17, 15) is 0 Å². The maximum atomic E-state index is 5.81. The second-order valence-corrected chi connectivity index (χ2v) is 6.35. The van der Waals surface area contributed by atoms with Crippen LogP contribution >= 0.6 is 0 Å². The van der Waals surface area contributed by atoms with Gasteiger partial charge in [-0.1, -0.05) is 27.7 Å². The van der Waals surface area contributed by atoms with Crippen LogP contribution in [-0.2, 0) is 4.74 Å². The Morgan fingerprint density at radius 3 is 2.45 bits per heavy atom. The molecule has 0 bridgehead atoms. The molecule has 0 amide bonds. The number of nitrogens with zero attached hydrogens (tertiary/aromatic N) is 1. The Hall–Kier alpha value is -0.120. The Morgan fingerprint density at radius 2 is 1.95 bits per heavy atom. The van der Waals surface area contributed by atoms with Crippen LogP contribution in [0.1, 0.15) is 59.8 Å². The van der Waals surface area contributed by atoms with Gasteiger partial charge in [0, 0.05) is 26.2 Å². The van der Waals surface area contributed by atoms with E-state index in [0.717, 1.165) is 32.8 Å². The lowest BCUT2D eigenvalue weighted by molar-refractivity contribution is 0.0530. The van der Waals surface area contributed by atoms with Crippen molar-refractivity contribution < 1.29 is 4.74 Å². The zero-order chi connectivity index (χ0) is 14.8. The smallest absolute Gasteiger partial charge is 0.0702 e. The molecule has 1 N–H and O–H groups in total. The quantitative estimate of drug-likeness (QED) is 0.589. The highest BCUT2D eigenvalue weighted by atomic mass is 16.5. The van der Waals surface area contributed by atoms with Gasteiger partial charge < -0.3 is 15.0 Å². The van der Waals surface area contributed by atoms with E-state index in [1.165, 1.54) is 38.6 Å². The maximum Gasteiger partial charge on any atom is 0.0702 e. The Kier molecular flexibility index (Phi) is 8.74. The van der Waals surface area contributed by atoms with Gasteiger partial charge in [0.15, 0.2) is 0 Å². The molecule has 0 radical (unpaired) electrons. The molecule has 1 atom stereocenters. The summed E-state index contributed by atoms with van der Waals surface area (Å²) in [6.45, 7) is 15.9. The molecule has 0 aromatic carbocycles. The fourth-order valence-electron chi connectivity index (χ4n) is 3.17. The molecule has 1 saturated heterocycles. The van der Waals surface area contributed by atoms with Gasteiger partial charge in [-0.05, 0) is 50.6 Å². The molecule has 0 aromatic heterocycles. The minimum atomic E-state index is 0.420. The first-order chi connectivity index (χ1) is 9.69. The van der Waals surface area contributed by atoms with E-state index in [1.54, 1.807) is 0 Å². The number of nitrogens with one attached hydrogen (secondary N) is 1. The lowest BCUT2D eigenvalue weighted by Gasteiger charge is -2.38. The molecular weight excluding hydrogens is 248 g/mol. The van der Waals surface area contributed by atoms with Gasteiger partial charge in [-0.3, -0.25) is 0 Å². The van der Waals surface area contributed by atoms with E-state index in [-0.39, 0.29) is 0 Å². The molecule has 120 valence electrons. The van der Waals surface area contributed by atoms with Crippen LogP contribution < -0.4 is 5.32 Å². The second-order valence-electron chi connectivity index (χ2n) is 6.35. The summed E-state index contributed by atoms with van der Waals surface area (Å²) in [6, 6.07) is 0. The molecule has 0 aliphatic carbocycles. The van der Waals surface area contributed by atoms with Crippen LogP contribution in [-0.4, -0.2) is 50.3 Å². The lowest BCUT2D eigenvalue weighted by atomic mass is 9.81. The van der Waals surface area contributed by atoms with E-state index in [2.05, 4.69) is 37.9 Å². The van der Waals surface area contributed by atoms with E-state index >= 15 is 0 Å². The van der Waals surface area contributed by atoms with Crippen molar-refractivity contribution in [2.24, 2.45) is 5.41 Å². The van der Waals surface area contributed by atoms with Crippen molar-refractivity contribution in [3.8, 4) is 0 Å². The first-order valence-electron chi connectivity index (χ1n) is 8.74. The molecule has 3 nitrogen and oxygen atoms in total. The van der Waals surface area contributed by atoms with Gasteiger partial charge in [-0.25, -0.2) is 0 Å². The van der Waals surface area contributed by atoms with Crippen molar-refractivity contribution in [1.82, 2.24) is 10.2 Å². The van der Waals surface area contributed by atoms with Crippen molar-refractivity contribution >= 4 is 0 Å². The molecule has 0 spiro atoms. The highest BCUT2D eigenvalue weighted by Crippen LogP contribution is 2.27. The topological polar surface area (TPSA) is 24.5 Å². The van der Waals surface area contributed by atoms with Gasteiger partial charge >= 0.3 is 0 Å². The van der Waals surface area contributed by atoms with Crippen molar-refractivity contribution in [1.29, 1.82) is 0 Å². The van der Waals surface area contributed by atoms with Crippen LogP contribution in [0.15, 0.2) is 0 Å². The van der Waals surface area contributed by atoms with Crippen molar-refractivity contribution in [3.05, 3.63) is 0 Å². The summed E-state index contributed by atoms with van der Waals surface area (Å²) in [5.41, 5.74) is 0.420. The zero-order valence-corrected chi connectivity index (χ0v) is 14.2. The van der Waals surface area contributed by atoms with E-state index in [0.29, 0.717) is 11.5 Å². The van der Waals surface area contributed by atoms with Crippen LogP contribution in [0.5, 0.6) is 0 Å². The molecule has 1 unspecified atom stereocenters. The standard InChI is InChI=1S/C17H36N2O/c1-5-11-18-14-17(6-2,7-3)15-19(8-4)13-16-10-9-12-20-16/h16,18H,5-15H2,1-4H3. The Balaban J connectivity index is 2.50. The summed E-state index contributed by atoms with van der Waals surface area (Å²) in [4.78, 5) is 2.61. The maximum absolute atomic E-state index is 5.81. The highest BCUT2D eigenvalue weighted by Gasteiger charge is 2.29.